The Bertz CT molecular complexity index is 354. The predicted molar refractivity (Wildman–Crippen MR) is 70.3 cm³/mol. The van der Waals surface area contributed by atoms with E-state index < -0.39 is 0 Å². The molecule has 0 spiro atoms. The number of aromatic nitrogens is 2. The van der Waals surface area contributed by atoms with Crippen molar-refractivity contribution < 1.29 is 4.74 Å². The average Bonchev–Trinajstić information content (AvgIpc) is 2.45. The lowest BCUT2D eigenvalue weighted by molar-refractivity contribution is 0.0378. The highest BCUT2D eigenvalue weighted by molar-refractivity contribution is 5.24. The van der Waals surface area contributed by atoms with E-state index in [1.807, 2.05) is 6.07 Å². The van der Waals surface area contributed by atoms with Gasteiger partial charge >= 0.3 is 0 Å². The van der Waals surface area contributed by atoms with E-state index in [-0.39, 0.29) is 0 Å². The van der Waals surface area contributed by atoms with Gasteiger partial charge in [0.05, 0.1) is 18.9 Å². The summed E-state index contributed by atoms with van der Waals surface area (Å²) in [6.07, 6.45) is 2.82. The number of ether oxygens (including phenoxy) is 1. The van der Waals surface area contributed by atoms with Gasteiger partial charge in [-0.15, -0.1) is 0 Å². The van der Waals surface area contributed by atoms with Gasteiger partial charge in [0.2, 0.25) is 5.95 Å². The van der Waals surface area contributed by atoms with Crippen LogP contribution in [0.5, 0.6) is 0 Å². The van der Waals surface area contributed by atoms with E-state index in [2.05, 4.69) is 20.2 Å². The van der Waals surface area contributed by atoms with Crippen molar-refractivity contribution in [2.45, 2.75) is 13.0 Å². The fourth-order valence-corrected chi connectivity index (χ4v) is 1.92. The van der Waals surface area contributed by atoms with Crippen molar-refractivity contribution in [2.75, 3.05) is 44.7 Å². The molecule has 0 atom stereocenters. The second kappa shape index (κ2) is 7.25. The summed E-state index contributed by atoms with van der Waals surface area (Å²) >= 11 is 0. The van der Waals surface area contributed by atoms with Crippen molar-refractivity contribution in [3.8, 4) is 0 Å². The van der Waals surface area contributed by atoms with E-state index in [9.17, 15) is 0 Å². The van der Waals surface area contributed by atoms with Crippen LogP contribution in [0.1, 0.15) is 12.1 Å². The molecule has 1 aromatic heterocycles. The van der Waals surface area contributed by atoms with E-state index in [0.717, 1.165) is 51.5 Å². The second-order valence-corrected chi connectivity index (χ2v) is 4.31. The number of hydrogen-bond acceptors (Lipinski definition) is 6. The Morgan fingerprint density at radius 3 is 3.00 bits per heavy atom. The summed E-state index contributed by atoms with van der Waals surface area (Å²) in [4.78, 5) is 10.9. The Hall–Kier alpha value is -1.24. The molecule has 100 valence electrons. The van der Waals surface area contributed by atoms with Gasteiger partial charge in [0.25, 0.3) is 0 Å². The third kappa shape index (κ3) is 4.21. The molecule has 3 N–H and O–H groups in total. The van der Waals surface area contributed by atoms with Crippen LogP contribution < -0.4 is 11.1 Å². The Morgan fingerprint density at radius 2 is 2.22 bits per heavy atom. The highest BCUT2D eigenvalue weighted by Crippen LogP contribution is 2.01. The summed E-state index contributed by atoms with van der Waals surface area (Å²) in [6.45, 7) is 6.21. The van der Waals surface area contributed by atoms with Crippen LogP contribution >= 0.6 is 0 Å². The standard InChI is InChI=1S/C12H21N5O/c13-10-11-2-4-15-12(16-11)14-3-1-5-17-6-8-18-9-7-17/h2,4H,1,3,5-10,13H2,(H,14,15,16). The first-order valence-corrected chi connectivity index (χ1v) is 6.44. The maximum atomic E-state index is 5.53. The molecule has 2 heterocycles. The summed E-state index contributed by atoms with van der Waals surface area (Å²) < 4.78 is 5.31. The largest absolute Gasteiger partial charge is 0.379 e. The van der Waals surface area contributed by atoms with Crippen LogP contribution in [0, 0.1) is 0 Å². The minimum Gasteiger partial charge on any atom is -0.379 e. The number of hydrogen-bond donors (Lipinski definition) is 2. The van der Waals surface area contributed by atoms with Crippen molar-refractivity contribution in [2.24, 2.45) is 5.73 Å². The van der Waals surface area contributed by atoms with Crippen molar-refractivity contribution in [3.63, 3.8) is 0 Å². The number of nitrogens with zero attached hydrogens (tertiary/aromatic N) is 3. The molecule has 1 aliphatic heterocycles. The summed E-state index contributed by atoms with van der Waals surface area (Å²) in [5, 5.41) is 3.22. The molecule has 0 saturated carbocycles. The summed E-state index contributed by atoms with van der Waals surface area (Å²) in [5.41, 5.74) is 6.40. The first kappa shape index (κ1) is 13.2. The monoisotopic (exact) mass is 251 g/mol. The molecule has 1 saturated heterocycles. The lowest BCUT2D eigenvalue weighted by Crippen LogP contribution is -2.37. The molecule has 1 aromatic rings. The SMILES string of the molecule is NCc1ccnc(NCCCN2CCOCC2)n1. The number of nitrogens with one attached hydrogen (secondary N) is 1. The van der Waals surface area contributed by atoms with Crippen molar-refractivity contribution in [1.82, 2.24) is 14.9 Å². The van der Waals surface area contributed by atoms with Gasteiger partial charge in [-0.1, -0.05) is 0 Å². The molecule has 0 radical (unpaired) electrons. The topological polar surface area (TPSA) is 76.3 Å². The Balaban J connectivity index is 1.65. The highest BCUT2D eigenvalue weighted by Gasteiger charge is 2.09. The van der Waals surface area contributed by atoms with Crippen LogP contribution in [0.2, 0.25) is 0 Å². The first-order chi connectivity index (χ1) is 8.88. The number of rotatable bonds is 6. The number of morpholine rings is 1. The van der Waals surface area contributed by atoms with Gasteiger partial charge in [-0.05, 0) is 19.0 Å². The van der Waals surface area contributed by atoms with E-state index in [1.54, 1.807) is 6.20 Å². The molecule has 0 unspecified atom stereocenters. The number of nitrogens with two attached hydrogens (primary N) is 1. The maximum absolute atomic E-state index is 5.53. The minimum atomic E-state index is 0.449. The van der Waals surface area contributed by atoms with E-state index in [1.165, 1.54) is 0 Å². The van der Waals surface area contributed by atoms with Gasteiger partial charge in [0.15, 0.2) is 0 Å². The van der Waals surface area contributed by atoms with Crippen LogP contribution in [-0.4, -0.2) is 54.3 Å². The molecular formula is C12H21N5O. The molecule has 1 fully saturated rings. The predicted octanol–water partition coefficient (Wildman–Crippen LogP) is 0.0695. The Kier molecular flexibility index (Phi) is 5.32. The molecule has 2 rings (SSSR count). The molecule has 18 heavy (non-hydrogen) atoms. The van der Waals surface area contributed by atoms with Crippen molar-refractivity contribution in [3.05, 3.63) is 18.0 Å². The lowest BCUT2D eigenvalue weighted by atomic mass is 10.3. The summed E-state index contributed by atoms with van der Waals surface area (Å²) in [7, 11) is 0. The maximum Gasteiger partial charge on any atom is 0.222 e. The summed E-state index contributed by atoms with van der Waals surface area (Å²) in [5.74, 6) is 0.667. The second-order valence-electron chi connectivity index (χ2n) is 4.31. The van der Waals surface area contributed by atoms with Gasteiger partial charge in [-0.25, -0.2) is 9.97 Å². The molecule has 0 bridgehead atoms. The third-order valence-corrected chi connectivity index (χ3v) is 2.96. The van der Waals surface area contributed by atoms with Gasteiger partial charge in [-0.3, -0.25) is 4.90 Å². The smallest absolute Gasteiger partial charge is 0.222 e. The fourth-order valence-electron chi connectivity index (χ4n) is 1.92. The Morgan fingerprint density at radius 1 is 1.39 bits per heavy atom. The van der Waals surface area contributed by atoms with Gasteiger partial charge in [0.1, 0.15) is 0 Å². The van der Waals surface area contributed by atoms with E-state index in [4.69, 9.17) is 10.5 Å². The molecule has 0 aliphatic carbocycles. The molecule has 6 heteroatoms. The van der Waals surface area contributed by atoms with E-state index >= 15 is 0 Å². The lowest BCUT2D eigenvalue weighted by Gasteiger charge is -2.26. The zero-order valence-corrected chi connectivity index (χ0v) is 10.6. The molecule has 0 aromatic carbocycles. The van der Waals surface area contributed by atoms with Crippen LogP contribution in [0.4, 0.5) is 5.95 Å². The van der Waals surface area contributed by atoms with Crippen molar-refractivity contribution >= 4 is 5.95 Å². The molecule has 1 aliphatic rings. The van der Waals surface area contributed by atoms with Gasteiger partial charge in [-0.2, -0.15) is 0 Å². The zero-order valence-electron chi connectivity index (χ0n) is 10.6. The summed E-state index contributed by atoms with van der Waals surface area (Å²) in [6, 6.07) is 1.83. The third-order valence-electron chi connectivity index (χ3n) is 2.96. The van der Waals surface area contributed by atoms with Crippen LogP contribution in [0.25, 0.3) is 0 Å². The Labute approximate surface area is 108 Å². The van der Waals surface area contributed by atoms with Crippen LogP contribution in [-0.2, 0) is 11.3 Å². The molecule has 0 amide bonds. The zero-order chi connectivity index (χ0) is 12.6. The van der Waals surface area contributed by atoms with Crippen LogP contribution in [0.15, 0.2) is 12.3 Å². The van der Waals surface area contributed by atoms with Crippen LogP contribution in [0.3, 0.4) is 0 Å². The van der Waals surface area contributed by atoms with Crippen molar-refractivity contribution in [1.29, 1.82) is 0 Å². The first-order valence-electron chi connectivity index (χ1n) is 6.44. The fraction of sp³-hybridized carbons (Fsp3) is 0.667. The highest BCUT2D eigenvalue weighted by atomic mass is 16.5. The quantitative estimate of drug-likeness (QED) is 0.697. The van der Waals surface area contributed by atoms with E-state index in [0.29, 0.717) is 12.5 Å². The average molecular weight is 251 g/mol. The van der Waals surface area contributed by atoms with Gasteiger partial charge < -0.3 is 15.8 Å². The number of anilines is 1. The molecular weight excluding hydrogens is 230 g/mol. The minimum absolute atomic E-state index is 0.449. The van der Waals surface area contributed by atoms with Gasteiger partial charge in [0, 0.05) is 32.4 Å². The molecule has 6 nitrogen and oxygen atoms in total. The normalized spacial score (nSPS) is 16.7.